The number of rotatable bonds is 5. The second-order valence-electron chi connectivity index (χ2n) is 4.85. The van der Waals surface area contributed by atoms with E-state index in [1.165, 1.54) is 16.0 Å². The Labute approximate surface area is 124 Å². The van der Waals surface area contributed by atoms with Gasteiger partial charge >= 0.3 is 0 Å². The van der Waals surface area contributed by atoms with E-state index in [4.69, 9.17) is 4.74 Å². The zero-order valence-corrected chi connectivity index (χ0v) is 12.9. The standard InChI is InChI=1S/C17H20O2S/c1-12-7-8-16(9-13(12)2)20-11-17(18)14-5-4-6-15(10-14)19-3/h4-10,17-18H,11H2,1-3H3. The second kappa shape index (κ2) is 6.82. The maximum absolute atomic E-state index is 10.2. The number of aliphatic hydroxyl groups is 1. The Morgan fingerprint density at radius 3 is 2.60 bits per heavy atom. The van der Waals surface area contributed by atoms with E-state index >= 15 is 0 Å². The second-order valence-corrected chi connectivity index (χ2v) is 5.94. The van der Waals surface area contributed by atoms with Crippen LogP contribution in [-0.2, 0) is 0 Å². The number of hydrogen-bond acceptors (Lipinski definition) is 3. The van der Waals surface area contributed by atoms with Gasteiger partial charge in [0.15, 0.2) is 0 Å². The van der Waals surface area contributed by atoms with Gasteiger partial charge in [0.25, 0.3) is 0 Å². The Balaban J connectivity index is 2.00. The fourth-order valence-corrected chi connectivity index (χ4v) is 2.89. The average molecular weight is 288 g/mol. The first-order valence-corrected chi connectivity index (χ1v) is 7.61. The Morgan fingerprint density at radius 2 is 1.90 bits per heavy atom. The third-order valence-electron chi connectivity index (χ3n) is 3.36. The maximum Gasteiger partial charge on any atom is 0.119 e. The molecule has 0 spiro atoms. The smallest absolute Gasteiger partial charge is 0.119 e. The van der Waals surface area contributed by atoms with Gasteiger partial charge in [-0.15, -0.1) is 11.8 Å². The van der Waals surface area contributed by atoms with Gasteiger partial charge in [0.05, 0.1) is 13.2 Å². The first-order chi connectivity index (χ1) is 9.60. The zero-order valence-electron chi connectivity index (χ0n) is 12.1. The first-order valence-electron chi connectivity index (χ1n) is 6.62. The van der Waals surface area contributed by atoms with Crippen LogP contribution >= 0.6 is 11.8 Å². The summed E-state index contributed by atoms with van der Waals surface area (Å²) in [5.41, 5.74) is 3.47. The van der Waals surface area contributed by atoms with Gasteiger partial charge in [-0.3, -0.25) is 0 Å². The molecule has 20 heavy (non-hydrogen) atoms. The van der Waals surface area contributed by atoms with Gasteiger partial charge in [-0.25, -0.2) is 0 Å². The summed E-state index contributed by atoms with van der Waals surface area (Å²) in [4.78, 5) is 1.19. The number of methoxy groups -OCH3 is 1. The summed E-state index contributed by atoms with van der Waals surface area (Å²) in [6.45, 7) is 4.22. The summed E-state index contributed by atoms with van der Waals surface area (Å²) in [6, 6.07) is 14.0. The van der Waals surface area contributed by atoms with Gasteiger partial charge in [0, 0.05) is 10.6 Å². The van der Waals surface area contributed by atoms with Crippen LogP contribution in [0.3, 0.4) is 0 Å². The van der Waals surface area contributed by atoms with Crippen molar-refractivity contribution in [2.75, 3.05) is 12.9 Å². The third-order valence-corrected chi connectivity index (χ3v) is 4.43. The predicted molar refractivity (Wildman–Crippen MR) is 84.6 cm³/mol. The van der Waals surface area contributed by atoms with Crippen LogP contribution in [0.2, 0.25) is 0 Å². The van der Waals surface area contributed by atoms with Crippen molar-refractivity contribution < 1.29 is 9.84 Å². The fraction of sp³-hybridized carbons (Fsp3) is 0.294. The number of thioether (sulfide) groups is 1. The van der Waals surface area contributed by atoms with E-state index in [-0.39, 0.29) is 0 Å². The van der Waals surface area contributed by atoms with Crippen LogP contribution in [0.25, 0.3) is 0 Å². The van der Waals surface area contributed by atoms with Crippen molar-refractivity contribution >= 4 is 11.8 Å². The number of aryl methyl sites for hydroxylation is 2. The molecule has 2 rings (SSSR count). The van der Waals surface area contributed by atoms with Crippen molar-refractivity contribution in [2.45, 2.75) is 24.8 Å². The van der Waals surface area contributed by atoms with Crippen molar-refractivity contribution in [1.82, 2.24) is 0 Å². The van der Waals surface area contributed by atoms with Crippen LogP contribution in [0.4, 0.5) is 0 Å². The van der Waals surface area contributed by atoms with E-state index in [9.17, 15) is 5.11 Å². The van der Waals surface area contributed by atoms with E-state index in [1.54, 1.807) is 18.9 Å². The van der Waals surface area contributed by atoms with Crippen molar-refractivity contribution in [3.8, 4) is 5.75 Å². The number of ether oxygens (including phenoxy) is 1. The minimum Gasteiger partial charge on any atom is -0.497 e. The Hall–Kier alpha value is -1.45. The molecular weight excluding hydrogens is 268 g/mol. The highest BCUT2D eigenvalue weighted by atomic mass is 32.2. The molecule has 0 saturated heterocycles. The normalized spacial score (nSPS) is 12.2. The Bertz CT molecular complexity index is 581. The minimum absolute atomic E-state index is 0.489. The molecule has 0 aromatic heterocycles. The molecule has 2 nitrogen and oxygen atoms in total. The van der Waals surface area contributed by atoms with Gasteiger partial charge in [0.2, 0.25) is 0 Å². The van der Waals surface area contributed by atoms with Crippen LogP contribution in [0.15, 0.2) is 47.4 Å². The molecule has 0 aliphatic heterocycles. The molecule has 0 saturated carbocycles. The molecular formula is C17H20O2S. The topological polar surface area (TPSA) is 29.5 Å². The monoisotopic (exact) mass is 288 g/mol. The van der Waals surface area contributed by atoms with Crippen molar-refractivity contribution in [3.05, 3.63) is 59.2 Å². The molecule has 0 radical (unpaired) electrons. The maximum atomic E-state index is 10.2. The summed E-state index contributed by atoms with van der Waals surface area (Å²) in [7, 11) is 1.63. The molecule has 0 aliphatic rings. The minimum atomic E-state index is -0.489. The van der Waals surface area contributed by atoms with E-state index in [0.717, 1.165) is 11.3 Å². The van der Waals surface area contributed by atoms with E-state index < -0.39 is 6.10 Å². The molecule has 0 fully saturated rings. The lowest BCUT2D eigenvalue weighted by Crippen LogP contribution is -2.01. The fourth-order valence-electron chi connectivity index (χ4n) is 1.92. The lowest BCUT2D eigenvalue weighted by Gasteiger charge is -2.12. The number of benzene rings is 2. The van der Waals surface area contributed by atoms with Crippen LogP contribution < -0.4 is 4.74 Å². The molecule has 0 aliphatic carbocycles. The van der Waals surface area contributed by atoms with Gasteiger partial charge in [-0.1, -0.05) is 18.2 Å². The van der Waals surface area contributed by atoms with Crippen molar-refractivity contribution in [1.29, 1.82) is 0 Å². The highest BCUT2D eigenvalue weighted by Crippen LogP contribution is 2.27. The molecule has 1 atom stereocenters. The molecule has 2 aromatic carbocycles. The summed E-state index contributed by atoms with van der Waals surface area (Å²) in [5, 5.41) is 10.2. The summed E-state index contributed by atoms with van der Waals surface area (Å²) < 4.78 is 5.18. The summed E-state index contributed by atoms with van der Waals surface area (Å²) in [6.07, 6.45) is -0.489. The van der Waals surface area contributed by atoms with E-state index in [2.05, 4.69) is 32.0 Å². The molecule has 0 bridgehead atoms. The van der Waals surface area contributed by atoms with Crippen molar-refractivity contribution in [3.63, 3.8) is 0 Å². The van der Waals surface area contributed by atoms with Crippen LogP contribution in [0.1, 0.15) is 22.8 Å². The highest BCUT2D eigenvalue weighted by molar-refractivity contribution is 7.99. The zero-order chi connectivity index (χ0) is 14.5. The molecule has 0 heterocycles. The molecule has 1 N–H and O–H groups in total. The predicted octanol–water partition coefficient (Wildman–Crippen LogP) is 4.14. The van der Waals surface area contributed by atoms with E-state index in [0.29, 0.717) is 5.75 Å². The number of hydrogen-bond donors (Lipinski definition) is 1. The largest absolute Gasteiger partial charge is 0.497 e. The quantitative estimate of drug-likeness (QED) is 0.839. The molecule has 2 aromatic rings. The van der Waals surface area contributed by atoms with Crippen molar-refractivity contribution in [2.24, 2.45) is 0 Å². The third kappa shape index (κ3) is 3.78. The highest BCUT2D eigenvalue weighted by Gasteiger charge is 2.09. The van der Waals surface area contributed by atoms with Crippen LogP contribution in [0.5, 0.6) is 5.75 Å². The molecule has 0 amide bonds. The van der Waals surface area contributed by atoms with Gasteiger partial charge in [-0.05, 0) is 54.8 Å². The Kier molecular flexibility index (Phi) is 5.10. The van der Waals surface area contributed by atoms with Gasteiger partial charge < -0.3 is 9.84 Å². The SMILES string of the molecule is COc1cccc(C(O)CSc2ccc(C)c(C)c2)c1. The average Bonchev–Trinajstić information content (AvgIpc) is 2.48. The van der Waals surface area contributed by atoms with E-state index in [1.807, 2.05) is 24.3 Å². The lowest BCUT2D eigenvalue weighted by molar-refractivity contribution is 0.203. The van der Waals surface area contributed by atoms with Crippen LogP contribution in [0, 0.1) is 13.8 Å². The molecule has 3 heteroatoms. The molecule has 1 unspecified atom stereocenters. The molecule has 106 valence electrons. The summed E-state index contributed by atoms with van der Waals surface area (Å²) in [5.74, 6) is 1.41. The summed E-state index contributed by atoms with van der Waals surface area (Å²) >= 11 is 1.67. The van der Waals surface area contributed by atoms with Crippen LogP contribution in [-0.4, -0.2) is 18.0 Å². The Morgan fingerprint density at radius 1 is 1.10 bits per heavy atom. The lowest BCUT2D eigenvalue weighted by atomic mass is 10.1. The number of aliphatic hydroxyl groups excluding tert-OH is 1. The van der Waals surface area contributed by atoms with Gasteiger partial charge in [0.1, 0.15) is 5.75 Å². The van der Waals surface area contributed by atoms with Gasteiger partial charge in [-0.2, -0.15) is 0 Å². The first kappa shape index (κ1) is 14.9.